The van der Waals surface area contributed by atoms with Gasteiger partial charge in [-0.3, -0.25) is 13.9 Å². The summed E-state index contributed by atoms with van der Waals surface area (Å²) in [6, 6.07) is 11.9. The number of cyclic esters (lactones) is 1. The van der Waals surface area contributed by atoms with E-state index >= 15 is 0 Å². The number of amides is 2. The Labute approximate surface area is 199 Å². The molecule has 2 aliphatic heterocycles. The molecular weight excluding hydrogens is 461 g/mol. The first-order chi connectivity index (χ1) is 16.4. The van der Waals surface area contributed by atoms with E-state index in [4.69, 9.17) is 9.47 Å². The van der Waals surface area contributed by atoms with Crippen LogP contribution in [-0.2, 0) is 20.3 Å². The van der Waals surface area contributed by atoms with E-state index in [2.05, 4.69) is 5.32 Å². The maximum atomic E-state index is 14.8. The Morgan fingerprint density at radius 3 is 2.65 bits per heavy atom. The van der Waals surface area contributed by atoms with Crippen molar-refractivity contribution in [2.45, 2.75) is 6.10 Å². The molecule has 2 fully saturated rings. The second-order valence-corrected chi connectivity index (χ2v) is 9.64. The van der Waals surface area contributed by atoms with Crippen LogP contribution in [-0.4, -0.2) is 67.1 Å². The summed E-state index contributed by atoms with van der Waals surface area (Å²) in [5.74, 6) is 1.000. The van der Waals surface area contributed by atoms with Crippen molar-refractivity contribution < 1.29 is 27.7 Å². The van der Waals surface area contributed by atoms with Gasteiger partial charge in [0.25, 0.3) is 0 Å². The summed E-state index contributed by atoms with van der Waals surface area (Å²) in [5.41, 5.74) is 1.67. The first kappa shape index (κ1) is 23.7. The highest BCUT2D eigenvalue weighted by atomic mass is 32.2. The van der Waals surface area contributed by atoms with Gasteiger partial charge in [0, 0.05) is 41.5 Å². The summed E-state index contributed by atoms with van der Waals surface area (Å²) in [5, 5.41) is 2.72. The third-order valence-corrected chi connectivity index (χ3v) is 6.96. The molecule has 34 heavy (non-hydrogen) atoms. The van der Waals surface area contributed by atoms with Crippen molar-refractivity contribution in [2.24, 2.45) is 0 Å². The third kappa shape index (κ3) is 5.74. The number of methoxy groups -OCH3 is 1. The van der Waals surface area contributed by atoms with Crippen LogP contribution in [0.25, 0.3) is 6.08 Å². The van der Waals surface area contributed by atoms with Crippen molar-refractivity contribution in [3.05, 3.63) is 59.9 Å². The lowest BCUT2D eigenvalue weighted by molar-refractivity contribution is -0.116. The topological polar surface area (TPSA) is 88.2 Å². The number of rotatable bonds is 7. The van der Waals surface area contributed by atoms with Crippen molar-refractivity contribution in [3.8, 4) is 5.75 Å². The van der Waals surface area contributed by atoms with Crippen molar-refractivity contribution >= 4 is 40.3 Å². The summed E-state index contributed by atoms with van der Waals surface area (Å²) in [6.45, 7) is 1.40. The molecule has 8 nitrogen and oxygen atoms in total. The van der Waals surface area contributed by atoms with Gasteiger partial charge in [-0.25, -0.2) is 9.18 Å². The molecular formula is C24H26FN3O5S. The molecule has 0 bridgehead atoms. The van der Waals surface area contributed by atoms with Gasteiger partial charge in [0.1, 0.15) is 17.7 Å². The fraction of sp³-hybridized carbons (Fsp3) is 0.333. The SMILES string of the molecule is COc1ccc(/C=C/C(=O)NC[C@H]2CN(c3ccc(N4CCS(=O)CC4)c(F)c3)C(=O)O2)cc1. The van der Waals surface area contributed by atoms with Crippen LogP contribution in [0.15, 0.2) is 48.5 Å². The van der Waals surface area contributed by atoms with E-state index in [1.54, 1.807) is 37.5 Å². The molecule has 2 aliphatic rings. The monoisotopic (exact) mass is 487 g/mol. The molecule has 2 aromatic rings. The van der Waals surface area contributed by atoms with Crippen LogP contribution in [0.2, 0.25) is 0 Å². The molecule has 1 atom stereocenters. The number of carbonyl (C=O) groups is 2. The predicted octanol–water partition coefficient (Wildman–Crippen LogP) is 2.56. The molecule has 10 heteroatoms. The molecule has 4 rings (SSSR count). The lowest BCUT2D eigenvalue weighted by Crippen LogP contribution is -2.38. The fourth-order valence-corrected chi connectivity index (χ4v) is 4.85. The second-order valence-electron chi connectivity index (χ2n) is 7.94. The van der Waals surface area contributed by atoms with Crippen LogP contribution in [0.3, 0.4) is 0 Å². The molecule has 180 valence electrons. The number of anilines is 2. The summed E-state index contributed by atoms with van der Waals surface area (Å²) in [6.07, 6.45) is 1.94. The largest absolute Gasteiger partial charge is 0.497 e. The minimum atomic E-state index is -0.847. The fourth-order valence-electron chi connectivity index (χ4n) is 3.80. The summed E-state index contributed by atoms with van der Waals surface area (Å²) in [7, 11) is 0.738. The predicted molar refractivity (Wildman–Crippen MR) is 129 cm³/mol. The molecule has 0 saturated carbocycles. The lowest BCUT2D eigenvalue weighted by atomic mass is 10.2. The standard InChI is InChI=1S/C24H26FN3O5S/c1-32-19-6-2-17(3-7-19)4-9-23(29)26-15-20-16-28(24(30)33-20)18-5-8-22(21(25)14-18)27-10-12-34(31)13-11-27/h2-9,14,20H,10-13,15-16H2,1H3,(H,26,29)/b9-4+/t20-/m0/s1. The van der Waals surface area contributed by atoms with Crippen LogP contribution < -0.4 is 19.9 Å². The zero-order valence-corrected chi connectivity index (χ0v) is 19.6. The number of nitrogens with zero attached hydrogens (tertiary/aromatic N) is 2. The first-order valence-corrected chi connectivity index (χ1v) is 12.4. The van der Waals surface area contributed by atoms with Crippen molar-refractivity contribution in [1.82, 2.24) is 5.32 Å². The maximum absolute atomic E-state index is 14.8. The molecule has 0 aliphatic carbocycles. The van der Waals surface area contributed by atoms with E-state index in [1.165, 1.54) is 17.0 Å². The van der Waals surface area contributed by atoms with Gasteiger partial charge in [-0.05, 0) is 42.0 Å². The average Bonchev–Trinajstić information content (AvgIpc) is 3.22. The highest BCUT2D eigenvalue weighted by Crippen LogP contribution is 2.28. The minimum absolute atomic E-state index is 0.138. The van der Waals surface area contributed by atoms with E-state index in [9.17, 15) is 18.2 Å². The van der Waals surface area contributed by atoms with E-state index in [0.717, 1.165) is 11.3 Å². The lowest BCUT2D eigenvalue weighted by Gasteiger charge is -2.29. The molecule has 2 saturated heterocycles. The van der Waals surface area contributed by atoms with Crippen molar-refractivity contribution in [2.75, 3.05) is 54.6 Å². The molecule has 0 unspecified atom stereocenters. The minimum Gasteiger partial charge on any atom is -0.497 e. The van der Waals surface area contributed by atoms with Gasteiger partial charge >= 0.3 is 6.09 Å². The van der Waals surface area contributed by atoms with E-state index < -0.39 is 28.8 Å². The van der Waals surface area contributed by atoms with Gasteiger partial charge in [-0.1, -0.05) is 12.1 Å². The average molecular weight is 488 g/mol. The highest BCUT2D eigenvalue weighted by molar-refractivity contribution is 7.85. The van der Waals surface area contributed by atoms with E-state index in [1.807, 2.05) is 17.0 Å². The highest BCUT2D eigenvalue weighted by Gasteiger charge is 2.33. The summed E-state index contributed by atoms with van der Waals surface area (Å²) in [4.78, 5) is 27.7. The van der Waals surface area contributed by atoms with Crippen LogP contribution in [0.1, 0.15) is 5.56 Å². The number of ether oxygens (including phenoxy) is 2. The van der Waals surface area contributed by atoms with Gasteiger partial charge < -0.3 is 19.7 Å². The van der Waals surface area contributed by atoms with Crippen LogP contribution in [0, 0.1) is 5.82 Å². The third-order valence-electron chi connectivity index (χ3n) is 5.68. The summed E-state index contributed by atoms with van der Waals surface area (Å²) >= 11 is 0. The Balaban J connectivity index is 1.30. The Morgan fingerprint density at radius 2 is 1.97 bits per heavy atom. The molecule has 1 N–H and O–H groups in total. The van der Waals surface area contributed by atoms with Gasteiger partial charge in [0.15, 0.2) is 0 Å². The zero-order chi connectivity index (χ0) is 24.1. The van der Waals surface area contributed by atoms with Crippen LogP contribution in [0.4, 0.5) is 20.6 Å². The molecule has 2 amide bonds. The van der Waals surface area contributed by atoms with E-state index in [0.29, 0.717) is 36.0 Å². The number of nitrogens with one attached hydrogen (secondary N) is 1. The summed E-state index contributed by atoms with van der Waals surface area (Å²) < 4.78 is 36.7. The van der Waals surface area contributed by atoms with Gasteiger partial charge in [0.05, 0.1) is 31.6 Å². The van der Waals surface area contributed by atoms with Crippen molar-refractivity contribution in [1.29, 1.82) is 0 Å². The van der Waals surface area contributed by atoms with Crippen LogP contribution >= 0.6 is 0 Å². The first-order valence-electron chi connectivity index (χ1n) is 10.9. The van der Waals surface area contributed by atoms with Crippen LogP contribution in [0.5, 0.6) is 5.75 Å². The quantitative estimate of drug-likeness (QED) is 0.604. The van der Waals surface area contributed by atoms with Gasteiger partial charge in [0.2, 0.25) is 5.91 Å². The number of halogens is 1. The Hall–Kier alpha value is -3.40. The second kappa shape index (κ2) is 10.7. The Kier molecular flexibility index (Phi) is 7.46. The Morgan fingerprint density at radius 1 is 1.24 bits per heavy atom. The molecule has 2 aromatic carbocycles. The molecule has 2 heterocycles. The maximum Gasteiger partial charge on any atom is 0.414 e. The zero-order valence-electron chi connectivity index (χ0n) is 18.7. The Bertz CT molecular complexity index is 1100. The molecule has 0 aromatic heterocycles. The molecule has 0 radical (unpaired) electrons. The number of hydrogen-bond acceptors (Lipinski definition) is 6. The smallest absolute Gasteiger partial charge is 0.414 e. The number of benzene rings is 2. The number of hydrogen-bond donors (Lipinski definition) is 1. The van der Waals surface area contributed by atoms with E-state index in [-0.39, 0.29) is 19.0 Å². The normalized spacial score (nSPS) is 18.9. The number of carbonyl (C=O) groups excluding carboxylic acids is 2. The van der Waals surface area contributed by atoms with Gasteiger partial charge in [-0.2, -0.15) is 0 Å². The van der Waals surface area contributed by atoms with Gasteiger partial charge in [-0.15, -0.1) is 0 Å². The molecule has 0 spiro atoms. The van der Waals surface area contributed by atoms with Crippen molar-refractivity contribution in [3.63, 3.8) is 0 Å².